The predicted octanol–water partition coefficient (Wildman–Crippen LogP) is 3.71. The molecule has 2 atom stereocenters. The van der Waals surface area contributed by atoms with Crippen molar-refractivity contribution in [1.29, 1.82) is 0 Å². The lowest BCUT2D eigenvalue weighted by molar-refractivity contribution is -0.115. The number of para-hydroxylation sites is 1. The summed E-state index contributed by atoms with van der Waals surface area (Å²) in [4.78, 5) is 53.8. The average molecular weight is 688 g/mol. The fourth-order valence-electron chi connectivity index (χ4n) is 5.59. The van der Waals surface area contributed by atoms with E-state index in [4.69, 9.17) is 4.74 Å². The quantitative estimate of drug-likeness (QED) is 0.255. The molecule has 11 heteroatoms. The van der Waals surface area contributed by atoms with Crippen molar-refractivity contribution in [3.05, 3.63) is 106 Å². The highest BCUT2D eigenvalue weighted by Gasteiger charge is 2.46. The molecule has 2 aromatic carbocycles. The zero-order valence-corrected chi connectivity index (χ0v) is 23.6. The van der Waals surface area contributed by atoms with Crippen molar-refractivity contribution >= 4 is 50.1 Å². The molecular formula is C27H19BrIN3O6. The number of aromatic nitrogens is 3. The van der Waals surface area contributed by atoms with Gasteiger partial charge < -0.3 is 9.84 Å². The van der Waals surface area contributed by atoms with E-state index in [0.29, 0.717) is 21.3 Å². The Morgan fingerprint density at radius 3 is 2.53 bits per heavy atom. The molecule has 0 spiro atoms. The monoisotopic (exact) mass is 687 g/mol. The Kier molecular flexibility index (Phi) is 5.94. The molecule has 3 aliphatic rings. The van der Waals surface area contributed by atoms with Gasteiger partial charge in [-0.2, -0.15) is 0 Å². The Morgan fingerprint density at radius 1 is 1.08 bits per heavy atom. The van der Waals surface area contributed by atoms with Gasteiger partial charge in [-0.25, -0.2) is 23.5 Å². The number of Topliss-reactive ketones (excluding diaryl/α,β-unsaturated/α-hetero) is 1. The number of halogens is 2. The SMILES string of the molecule is COc1cc(Br)cc(C2C3=CCn4c(=O)n(-c5ccccc5)c(=O)n4C3CC3=C2C(=O)C(I)=CC3=O)c1O. The van der Waals surface area contributed by atoms with Crippen molar-refractivity contribution in [3.8, 4) is 17.2 Å². The third kappa shape index (κ3) is 3.55. The summed E-state index contributed by atoms with van der Waals surface area (Å²) < 4.78 is 10.1. The molecule has 0 bridgehead atoms. The fourth-order valence-corrected chi connectivity index (χ4v) is 6.62. The van der Waals surface area contributed by atoms with Crippen LogP contribution in [-0.4, -0.2) is 37.7 Å². The minimum Gasteiger partial charge on any atom is -0.504 e. The topological polar surface area (TPSA) is 113 Å². The van der Waals surface area contributed by atoms with Crippen LogP contribution in [-0.2, 0) is 16.1 Å². The first kappa shape index (κ1) is 24.9. The third-order valence-electron chi connectivity index (χ3n) is 7.22. The van der Waals surface area contributed by atoms with Crippen molar-refractivity contribution in [2.24, 2.45) is 0 Å². The lowest BCUT2D eigenvalue weighted by Crippen LogP contribution is -2.40. The molecular weight excluding hydrogens is 669 g/mol. The number of rotatable bonds is 3. The van der Waals surface area contributed by atoms with Crippen LogP contribution in [0.2, 0.25) is 0 Å². The number of allylic oxidation sites excluding steroid dienone is 6. The number of nitrogens with zero attached hydrogens (tertiary/aromatic N) is 3. The molecule has 3 aromatic rings. The van der Waals surface area contributed by atoms with E-state index in [9.17, 15) is 24.3 Å². The molecule has 38 heavy (non-hydrogen) atoms. The van der Waals surface area contributed by atoms with E-state index in [1.807, 2.05) is 28.7 Å². The average Bonchev–Trinajstić information content (AvgIpc) is 3.17. The molecule has 0 radical (unpaired) electrons. The number of methoxy groups -OCH3 is 1. The lowest BCUT2D eigenvalue weighted by atomic mass is 9.68. The van der Waals surface area contributed by atoms with Crippen molar-refractivity contribution in [2.75, 3.05) is 7.11 Å². The van der Waals surface area contributed by atoms with E-state index in [2.05, 4.69) is 15.9 Å². The van der Waals surface area contributed by atoms with Crippen LogP contribution in [0.4, 0.5) is 0 Å². The molecule has 1 aromatic heterocycles. The van der Waals surface area contributed by atoms with Crippen LogP contribution in [0.25, 0.3) is 5.69 Å². The van der Waals surface area contributed by atoms with Gasteiger partial charge in [-0.3, -0.25) is 9.59 Å². The number of hydrogen-bond acceptors (Lipinski definition) is 6. The standard InChI is InChI=1S/C27H19BrIN3O6/c1-38-21-10-13(28)9-17(24(21)34)22-15-7-8-30-26(36)31(14-5-3-2-4-6-14)27(37)32(30)19(15)11-16-20(33)12-18(29)25(35)23(16)22/h2-7,9-10,12,19,22,34H,8,11H2,1H3. The highest BCUT2D eigenvalue weighted by atomic mass is 127. The fraction of sp³-hybridized carbons (Fsp3) is 0.185. The van der Waals surface area contributed by atoms with E-state index < -0.39 is 23.3 Å². The molecule has 2 unspecified atom stereocenters. The zero-order valence-electron chi connectivity index (χ0n) is 19.9. The van der Waals surface area contributed by atoms with Gasteiger partial charge in [-0.1, -0.05) is 40.2 Å². The predicted molar refractivity (Wildman–Crippen MR) is 150 cm³/mol. The molecule has 1 N–H and O–H groups in total. The maximum absolute atomic E-state index is 13.7. The van der Waals surface area contributed by atoms with Gasteiger partial charge in [-0.05, 0) is 52.4 Å². The molecule has 2 heterocycles. The number of carbonyl (C=O) groups is 2. The first-order valence-electron chi connectivity index (χ1n) is 11.7. The number of ether oxygens (including phenoxy) is 1. The summed E-state index contributed by atoms with van der Waals surface area (Å²) in [6, 6.07) is 11.2. The van der Waals surface area contributed by atoms with Crippen LogP contribution in [0.15, 0.2) is 89.0 Å². The molecule has 0 saturated carbocycles. The summed E-state index contributed by atoms with van der Waals surface area (Å²) in [5.74, 6) is -1.44. The van der Waals surface area contributed by atoms with Gasteiger partial charge in [0.2, 0.25) is 0 Å². The normalized spacial score (nSPS) is 20.4. The number of phenolic OH excluding ortho intramolecular Hbond substituents is 1. The van der Waals surface area contributed by atoms with E-state index in [1.165, 1.54) is 22.5 Å². The van der Waals surface area contributed by atoms with Gasteiger partial charge in [-0.15, -0.1) is 0 Å². The Balaban J connectivity index is 1.62. The summed E-state index contributed by atoms with van der Waals surface area (Å²) >= 11 is 5.30. The Bertz CT molecular complexity index is 1780. The number of carbonyl (C=O) groups excluding carboxylic acids is 2. The van der Waals surface area contributed by atoms with Gasteiger partial charge in [0.1, 0.15) is 0 Å². The molecule has 6 rings (SSSR count). The first-order chi connectivity index (χ1) is 18.2. The highest BCUT2D eigenvalue weighted by Crippen LogP contribution is 2.53. The summed E-state index contributed by atoms with van der Waals surface area (Å²) in [5, 5.41) is 11.2. The molecule has 0 amide bonds. The number of aromatic hydroxyl groups is 1. The number of fused-ring (bicyclic) bond motifs is 3. The summed E-state index contributed by atoms with van der Waals surface area (Å²) in [6.45, 7) is 0.0832. The molecule has 0 fully saturated rings. The highest BCUT2D eigenvalue weighted by molar-refractivity contribution is 14.1. The second kappa shape index (κ2) is 9.09. The van der Waals surface area contributed by atoms with Crippen LogP contribution >= 0.6 is 38.5 Å². The zero-order chi connectivity index (χ0) is 26.9. The first-order valence-corrected chi connectivity index (χ1v) is 13.6. The summed E-state index contributed by atoms with van der Waals surface area (Å²) in [7, 11) is 1.42. The molecule has 1 aliphatic heterocycles. The molecule has 0 saturated heterocycles. The van der Waals surface area contributed by atoms with Crippen LogP contribution in [0.5, 0.6) is 11.5 Å². The Hall–Kier alpha value is -3.45. The van der Waals surface area contributed by atoms with Crippen LogP contribution < -0.4 is 16.1 Å². The lowest BCUT2D eigenvalue weighted by Gasteiger charge is -2.39. The van der Waals surface area contributed by atoms with E-state index >= 15 is 0 Å². The number of hydrogen-bond donors (Lipinski definition) is 1. The van der Waals surface area contributed by atoms with Gasteiger partial charge in [0.05, 0.1) is 29.0 Å². The molecule has 2 aliphatic carbocycles. The minimum absolute atomic E-state index is 0.0622. The summed E-state index contributed by atoms with van der Waals surface area (Å²) in [5.41, 5.74) is 0.932. The third-order valence-corrected chi connectivity index (χ3v) is 8.47. The van der Waals surface area contributed by atoms with E-state index in [1.54, 1.807) is 42.5 Å². The van der Waals surface area contributed by atoms with Crippen molar-refractivity contribution in [1.82, 2.24) is 13.9 Å². The van der Waals surface area contributed by atoms with Gasteiger partial charge in [0.15, 0.2) is 23.1 Å². The Labute approximate surface area is 237 Å². The van der Waals surface area contributed by atoms with Gasteiger partial charge in [0, 0.05) is 39.6 Å². The second-order valence-corrected chi connectivity index (χ2v) is 11.2. The van der Waals surface area contributed by atoms with Crippen LogP contribution in [0.3, 0.4) is 0 Å². The maximum atomic E-state index is 13.7. The van der Waals surface area contributed by atoms with Crippen molar-refractivity contribution in [3.63, 3.8) is 0 Å². The van der Waals surface area contributed by atoms with Crippen LogP contribution in [0.1, 0.15) is 23.9 Å². The van der Waals surface area contributed by atoms with E-state index in [-0.39, 0.29) is 50.8 Å². The molecule has 192 valence electrons. The van der Waals surface area contributed by atoms with Crippen molar-refractivity contribution < 1.29 is 19.4 Å². The largest absolute Gasteiger partial charge is 0.504 e. The number of ketones is 2. The van der Waals surface area contributed by atoms with Gasteiger partial charge in [0.25, 0.3) is 0 Å². The smallest absolute Gasteiger partial charge is 0.352 e. The van der Waals surface area contributed by atoms with Crippen LogP contribution in [0, 0.1) is 0 Å². The maximum Gasteiger partial charge on any atom is 0.352 e. The number of benzene rings is 2. The molecule has 9 nitrogen and oxygen atoms in total. The Morgan fingerprint density at radius 2 is 1.82 bits per heavy atom. The van der Waals surface area contributed by atoms with E-state index in [0.717, 1.165) is 4.57 Å². The second-order valence-electron chi connectivity index (χ2n) is 9.14. The van der Waals surface area contributed by atoms with Crippen molar-refractivity contribution in [2.45, 2.75) is 24.9 Å². The number of phenols is 1. The summed E-state index contributed by atoms with van der Waals surface area (Å²) in [6.07, 6.45) is 3.17. The minimum atomic E-state index is -0.833. The van der Waals surface area contributed by atoms with Gasteiger partial charge >= 0.3 is 11.4 Å².